The van der Waals surface area contributed by atoms with Gasteiger partial charge in [-0.2, -0.15) is 11.8 Å². The molecule has 0 radical (unpaired) electrons. The first kappa shape index (κ1) is 12.4. The van der Waals surface area contributed by atoms with Gasteiger partial charge in [0.1, 0.15) is 5.54 Å². The summed E-state index contributed by atoms with van der Waals surface area (Å²) in [7, 11) is 1.36. The number of hydrogen-bond donors (Lipinski definition) is 1. The van der Waals surface area contributed by atoms with Crippen molar-refractivity contribution < 1.29 is 14.3 Å². The van der Waals surface area contributed by atoms with Crippen LogP contribution in [0.3, 0.4) is 0 Å². The van der Waals surface area contributed by atoms with Gasteiger partial charge in [-0.25, -0.2) is 4.79 Å². The largest absolute Gasteiger partial charge is 0.467 e. The minimum atomic E-state index is -0.777. The third kappa shape index (κ3) is 2.27. The molecule has 1 N–H and O–H groups in total. The molecular weight excluding hydrogens is 214 g/mol. The van der Waals surface area contributed by atoms with Gasteiger partial charge >= 0.3 is 5.97 Å². The number of carbonyl (C=O) groups is 2. The Morgan fingerprint density at radius 3 is 2.60 bits per heavy atom. The predicted octanol–water partition coefficient (Wildman–Crippen LogP) is 0.950. The summed E-state index contributed by atoms with van der Waals surface area (Å²) in [5.41, 5.74) is -0.777. The van der Waals surface area contributed by atoms with Crippen LogP contribution in [0, 0.1) is 0 Å². The Bertz CT molecular complexity index is 269. The number of methoxy groups -OCH3 is 1. The van der Waals surface area contributed by atoms with Gasteiger partial charge in [0.15, 0.2) is 0 Å². The fourth-order valence-electron chi connectivity index (χ4n) is 1.90. The number of amides is 1. The molecule has 1 saturated carbocycles. The number of ether oxygens (including phenoxy) is 1. The van der Waals surface area contributed by atoms with Gasteiger partial charge in [0.2, 0.25) is 5.91 Å². The maximum Gasteiger partial charge on any atom is 0.332 e. The highest BCUT2D eigenvalue weighted by Gasteiger charge is 2.54. The zero-order valence-corrected chi connectivity index (χ0v) is 10.1. The fraction of sp³-hybridized carbons (Fsp3) is 0.800. The van der Waals surface area contributed by atoms with Crippen LogP contribution in [0.1, 0.15) is 26.7 Å². The van der Waals surface area contributed by atoms with Gasteiger partial charge in [-0.3, -0.25) is 4.79 Å². The van der Waals surface area contributed by atoms with Crippen molar-refractivity contribution >= 4 is 23.6 Å². The summed E-state index contributed by atoms with van der Waals surface area (Å²) in [6.07, 6.45) is 1.63. The van der Waals surface area contributed by atoms with Gasteiger partial charge in [0.05, 0.1) is 7.11 Å². The topological polar surface area (TPSA) is 55.4 Å². The van der Waals surface area contributed by atoms with E-state index >= 15 is 0 Å². The highest BCUT2D eigenvalue weighted by atomic mass is 32.2. The van der Waals surface area contributed by atoms with E-state index in [0.29, 0.717) is 6.42 Å². The van der Waals surface area contributed by atoms with Gasteiger partial charge < -0.3 is 10.1 Å². The SMILES string of the molecule is CCS[C@@H]1CC[C@]1(NC(C)=O)C(=O)OC. The van der Waals surface area contributed by atoms with Gasteiger partial charge in [-0.1, -0.05) is 6.92 Å². The van der Waals surface area contributed by atoms with Crippen LogP contribution in [0.25, 0.3) is 0 Å². The van der Waals surface area contributed by atoms with Crippen LogP contribution in [0.2, 0.25) is 0 Å². The minimum Gasteiger partial charge on any atom is -0.467 e. The summed E-state index contributed by atoms with van der Waals surface area (Å²) >= 11 is 1.70. The van der Waals surface area contributed by atoms with E-state index in [-0.39, 0.29) is 17.1 Å². The zero-order valence-electron chi connectivity index (χ0n) is 9.33. The van der Waals surface area contributed by atoms with E-state index in [1.165, 1.54) is 14.0 Å². The van der Waals surface area contributed by atoms with E-state index in [1.807, 2.05) is 6.92 Å². The monoisotopic (exact) mass is 231 g/mol. The second-order valence-electron chi connectivity index (χ2n) is 3.63. The van der Waals surface area contributed by atoms with Crippen molar-refractivity contribution in [2.45, 2.75) is 37.5 Å². The molecule has 15 heavy (non-hydrogen) atoms. The van der Waals surface area contributed by atoms with Crippen molar-refractivity contribution in [2.24, 2.45) is 0 Å². The molecule has 1 aliphatic rings. The summed E-state index contributed by atoms with van der Waals surface area (Å²) in [6, 6.07) is 0. The van der Waals surface area contributed by atoms with Crippen molar-refractivity contribution in [1.29, 1.82) is 0 Å². The van der Waals surface area contributed by atoms with Gasteiger partial charge in [-0.05, 0) is 18.6 Å². The number of hydrogen-bond acceptors (Lipinski definition) is 4. The summed E-state index contributed by atoms with van der Waals surface area (Å²) in [4.78, 5) is 22.8. The number of esters is 1. The molecule has 5 heteroatoms. The van der Waals surface area contributed by atoms with E-state index in [2.05, 4.69) is 5.32 Å². The predicted molar refractivity (Wildman–Crippen MR) is 59.7 cm³/mol. The van der Waals surface area contributed by atoms with Crippen LogP contribution in [0.4, 0.5) is 0 Å². The maximum absolute atomic E-state index is 11.7. The average Bonchev–Trinajstić information content (AvgIpc) is 2.19. The average molecular weight is 231 g/mol. The zero-order chi connectivity index (χ0) is 11.5. The second kappa shape index (κ2) is 4.88. The lowest BCUT2D eigenvalue weighted by Crippen LogP contribution is -2.67. The van der Waals surface area contributed by atoms with Crippen molar-refractivity contribution in [1.82, 2.24) is 5.32 Å². The van der Waals surface area contributed by atoms with E-state index < -0.39 is 5.54 Å². The molecule has 0 aromatic rings. The van der Waals surface area contributed by atoms with E-state index in [1.54, 1.807) is 11.8 Å². The first-order valence-electron chi connectivity index (χ1n) is 5.05. The molecule has 1 fully saturated rings. The van der Waals surface area contributed by atoms with Gasteiger partial charge in [0, 0.05) is 12.2 Å². The number of rotatable bonds is 4. The lowest BCUT2D eigenvalue weighted by Gasteiger charge is -2.46. The summed E-state index contributed by atoms with van der Waals surface area (Å²) in [6.45, 7) is 3.47. The molecule has 0 heterocycles. The molecule has 1 aliphatic carbocycles. The van der Waals surface area contributed by atoms with Crippen LogP contribution >= 0.6 is 11.8 Å². The Labute approximate surface area is 94.1 Å². The van der Waals surface area contributed by atoms with Crippen LogP contribution < -0.4 is 5.32 Å². The standard InChI is InChI=1S/C10H17NO3S/c1-4-15-8-5-6-10(8,9(13)14-3)11-7(2)12/h8H,4-6H2,1-3H3,(H,11,12)/t8-,10-/m1/s1. The molecule has 0 aliphatic heterocycles. The van der Waals surface area contributed by atoms with Crippen LogP contribution in [0.15, 0.2) is 0 Å². The number of thioether (sulfide) groups is 1. The van der Waals surface area contributed by atoms with E-state index in [4.69, 9.17) is 4.74 Å². The minimum absolute atomic E-state index is 0.152. The van der Waals surface area contributed by atoms with Crippen LogP contribution in [-0.4, -0.2) is 35.5 Å². The molecule has 0 spiro atoms. The normalized spacial score (nSPS) is 29.1. The molecule has 0 bridgehead atoms. The third-order valence-corrected chi connectivity index (χ3v) is 4.04. The first-order valence-corrected chi connectivity index (χ1v) is 6.10. The molecule has 2 atom stereocenters. The van der Waals surface area contributed by atoms with Gasteiger partial charge in [-0.15, -0.1) is 0 Å². The highest BCUT2D eigenvalue weighted by Crippen LogP contribution is 2.42. The lowest BCUT2D eigenvalue weighted by molar-refractivity contribution is -0.154. The Morgan fingerprint density at radius 2 is 2.27 bits per heavy atom. The smallest absolute Gasteiger partial charge is 0.332 e. The summed E-state index contributed by atoms with van der Waals surface area (Å²) < 4.78 is 4.77. The molecule has 1 rings (SSSR count). The Hall–Kier alpha value is -0.710. The quantitative estimate of drug-likeness (QED) is 0.732. The number of carbonyl (C=O) groups excluding carboxylic acids is 2. The molecule has 0 aromatic carbocycles. The molecular formula is C10H17NO3S. The van der Waals surface area contributed by atoms with Crippen LogP contribution in [-0.2, 0) is 14.3 Å². The number of nitrogens with one attached hydrogen (secondary N) is 1. The molecule has 86 valence electrons. The Balaban J connectivity index is 2.77. The van der Waals surface area contributed by atoms with Crippen molar-refractivity contribution in [3.8, 4) is 0 Å². The van der Waals surface area contributed by atoms with Crippen molar-refractivity contribution in [3.05, 3.63) is 0 Å². The van der Waals surface area contributed by atoms with E-state index in [0.717, 1.165) is 12.2 Å². The molecule has 0 aromatic heterocycles. The maximum atomic E-state index is 11.7. The van der Waals surface area contributed by atoms with Crippen molar-refractivity contribution in [2.75, 3.05) is 12.9 Å². The Kier molecular flexibility index (Phi) is 4.02. The van der Waals surface area contributed by atoms with Crippen LogP contribution in [0.5, 0.6) is 0 Å². The molecule has 1 amide bonds. The molecule has 4 nitrogen and oxygen atoms in total. The van der Waals surface area contributed by atoms with Gasteiger partial charge in [0.25, 0.3) is 0 Å². The highest BCUT2D eigenvalue weighted by molar-refractivity contribution is 8.00. The Morgan fingerprint density at radius 1 is 1.60 bits per heavy atom. The lowest BCUT2D eigenvalue weighted by atomic mass is 9.76. The van der Waals surface area contributed by atoms with Crippen molar-refractivity contribution in [3.63, 3.8) is 0 Å². The fourth-order valence-corrected chi connectivity index (χ4v) is 3.15. The third-order valence-electron chi connectivity index (χ3n) is 2.67. The second-order valence-corrected chi connectivity index (χ2v) is 5.11. The van der Waals surface area contributed by atoms with E-state index in [9.17, 15) is 9.59 Å². The first-order chi connectivity index (χ1) is 7.06. The summed E-state index contributed by atoms with van der Waals surface area (Å²) in [5, 5.41) is 2.90. The summed E-state index contributed by atoms with van der Waals surface area (Å²) in [5.74, 6) is 0.430. The molecule has 0 saturated heterocycles. The molecule has 0 unspecified atom stereocenters.